The summed E-state index contributed by atoms with van der Waals surface area (Å²) in [4.78, 5) is 0. The predicted molar refractivity (Wildman–Crippen MR) is 122 cm³/mol. The molecule has 3 aromatic rings. The molecule has 0 saturated carbocycles. The lowest BCUT2D eigenvalue weighted by Crippen LogP contribution is -2.06. The minimum atomic E-state index is 0.417. The molecule has 138 valence electrons. The van der Waals surface area contributed by atoms with Crippen LogP contribution in [0.25, 0.3) is 16.7 Å². The van der Waals surface area contributed by atoms with E-state index in [9.17, 15) is 0 Å². The van der Waals surface area contributed by atoms with Gasteiger partial charge in [0.1, 0.15) is 0 Å². The van der Waals surface area contributed by atoms with E-state index in [-0.39, 0.29) is 0 Å². The maximum absolute atomic E-state index is 8.77. The molecule has 3 rings (SSSR count). The highest BCUT2D eigenvalue weighted by atomic mass is 14.6. The van der Waals surface area contributed by atoms with E-state index >= 15 is 0 Å². The molecule has 0 aromatic heterocycles. The molecule has 0 heterocycles. The second-order valence-corrected chi connectivity index (χ2v) is 6.47. The lowest BCUT2D eigenvalue weighted by Gasteiger charge is -2.13. The molecule has 0 aliphatic carbocycles. The topological polar surface area (TPSA) is 49.9 Å². The Morgan fingerprint density at radius 1 is 0.893 bits per heavy atom. The zero-order valence-corrected chi connectivity index (χ0v) is 16.0. The average molecular weight is 364 g/mol. The number of hydrogen-bond acceptors (Lipinski definition) is 2. The number of nitrogens with two attached hydrogens (primary N) is 1. The van der Waals surface area contributed by atoms with Gasteiger partial charge in [-0.25, -0.2) is 0 Å². The van der Waals surface area contributed by atoms with Crippen LogP contribution in [-0.4, -0.2) is 5.71 Å². The summed E-state index contributed by atoms with van der Waals surface area (Å²) in [7, 11) is 0. The fourth-order valence-corrected chi connectivity index (χ4v) is 3.15. The Hall–Kier alpha value is -3.65. The van der Waals surface area contributed by atoms with Crippen LogP contribution < -0.4 is 5.73 Å². The fourth-order valence-electron chi connectivity index (χ4n) is 3.15. The third-order valence-corrected chi connectivity index (χ3v) is 4.62. The molecule has 0 bridgehead atoms. The molecule has 28 heavy (non-hydrogen) atoms. The molecule has 0 fully saturated rings. The quantitative estimate of drug-likeness (QED) is 0.293. The van der Waals surface area contributed by atoms with Crippen molar-refractivity contribution in [1.82, 2.24) is 0 Å². The Bertz CT molecular complexity index is 1060. The second kappa shape index (κ2) is 8.83. The summed E-state index contributed by atoms with van der Waals surface area (Å²) in [6, 6.07) is 24.0. The Morgan fingerprint density at radius 2 is 1.57 bits per heavy atom. The van der Waals surface area contributed by atoms with E-state index in [4.69, 9.17) is 11.1 Å². The first-order chi connectivity index (χ1) is 13.6. The van der Waals surface area contributed by atoms with Crippen molar-refractivity contribution < 1.29 is 0 Å². The van der Waals surface area contributed by atoms with Gasteiger partial charge in [-0.2, -0.15) is 0 Å². The molecule has 3 aromatic carbocycles. The van der Waals surface area contributed by atoms with E-state index in [1.54, 1.807) is 6.08 Å². The van der Waals surface area contributed by atoms with Gasteiger partial charge in [0.25, 0.3) is 0 Å². The normalized spacial score (nSPS) is 11.5. The van der Waals surface area contributed by atoms with Crippen LogP contribution >= 0.6 is 0 Å². The van der Waals surface area contributed by atoms with Crippen LogP contribution in [0.1, 0.15) is 23.6 Å². The van der Waals surface area contributed by atoms with Gasteiger partial charge in [-0.15, -0.1) is 0 Å². The number of hydrogen-bond donors (Lipinski definition) is 2. The molecule has 2 heteroatoms. The largest absolute Gasteiger partial charge is 0.398 e. The number of nitrogen functional groups attached to an aromatic ring is 1. The van der Waals surface area contributed by atoms with Gasteiger partial charge in [-0.3, -0.25) is 5.41 Å². The zero-order valence-electron chi connectivity index (χ0n) is 16.0. The SMILES string of the molecule is C=C/C=C\C(=C/C)c1cc(C(=N)c2ccccc2N)cc(-c2ccccc2)c1. The fraction of sp³-hybridized carbons (Fsp3) is 0.0385. The monoisotopic (exact) mass is 364 g/mol. The van der Waals surface area contributed by atoms with Crippen molar-refractivity contribution in [2.75, 3.05) is 5.73 Å². The number of anilines is 1. The van der Waals surface area contributed by atoms with Crippen molar-refractivity contribution in [2.24, 2.45) is 0 Å². The van der Waals surface area contributed by atoms with E-state index in [1.807, 2.05) is 67.6 Å². The van der Waals surface area contributed by atoms with E-state index in [0.29, 0.717) is 11.4 Å². The molecule has 0 amide bonds. The zero-order chi connectivity index (χ0) is 19.9. The smallest absolute Gasteiger partial charge is 0.0705 e. The van der Waals surface area contributed by atoms with Gasteiger partial charge < -0.3 is 5.73 Å². The molecule has 0 aliphatic rings. The van der Waals surface area contributed by atoms with E-state index in [2.05, 4.69) is 36.9 Å². The van der Waals surface area contributed by atoms with Crippen molar-refractivity contribution >= 4 is 17.0 Å². The van der Waals surface area contributed by atoms with Gasteiger partial charge in [-0.1, -0.05) is 79.4 Å². The molecular formula is C26H24N2. The Balaban J connectivity index is 2.18. The number of rotatable bonds is 6. The Kier molecular flexibility index (Phi) is 6.03. The lowest BCUT2D eigenvalue weighted by atomic mass is 9.92. The summed E-state index contributed by atoms with van der Waals surface area (Å²) in [5, 5.41) is 8.77. The van der Waals surface area contributed by atoms with Crippen LogP contribution in [0, 0.1) is 5.41 Å². The first-order valence-electron chi connectivity index (χ1n) is 9.24. The summed E-state index contributed by atoms with van der Waals surface area (Å²) >= 11 is 0. The van der Waals surface area contributed by atoms with Crippen LogP contribution in [0.3, 0.4) is 0 Å². The van der Waals surface area contributed by atoms with Crippen LogP contribution in [0.2, 0.25) is 0 Å². The summed E-state index contributed by atoms with van der Waals surface area (Å²) in [6.07, 6.45) is 7.78. The predicted octanol–water partition coefficient (Wildman–Crippen LogP) is 6.50. The van der Waals surface area contributed by atoms with Crippen molar-refractivity contribution in [1.29, 1.82) is 5.41 Å². The van der Waals surface area contributed by atoms with Gasteiger partial charge in [0.15, 0.2) is 0 Å². The van der Waals surface area contributed by atoms with Gasteiger partial charge >= 0.3 is 0 Å². The third kappa shape index (κ3) is 4.18. The highest BCUT2D eigenvalue weighted by Gasteiger charge is 2.12. The Labute approximate surface area is 166 Å². The second-order valence-electron chi connectivity index (χ2n) is 6.47. The summed E-state index contributed by atoms with van der Waals surface area (Å²) < 4.78 is 0. The first kappa shape index (κ1) is 19.1. The van der Waals surface area contributed by atoms with Crippen molar-refractivity contribution in [3.8, 4) is 11.1 Å². The highest BCUT2D eigenvalue weighted by Crippen LogP contribution is 2.28. The summed E-state index contributed by atoms with van der Waals surface area (Å²) in [5.41, 5.74) is 13.0. The van der Waals surface area contributed by atoms with Gasteiger partial charge in [0, 0.05) is 16.8 Å². The first-order valence-corrected chi connectivity index (χ1v) is 9.24. The maximum Gasteiger partial charge on any atom is 0.0705 e. The van der Waals surface area contributed by atoms with E-state index in [0.717, 1.165) is 33.4 Å². The molecule has 0 atom stereocenters. The molecule has 0 aliphatic heterocycles. The highest BCUT2D eigenvalue weighted by molar-refractivity contribution is 6.14. The van der Waals surface area contributed by atoms with Gasteiger partial charge in [0.2, 0.25) is 0 Å². The molecule has 0 spiro atoms. The van der Waals surface area contributed by atoms with Crippen molar-refractivity contribution in [3.63, 3.8) is 0 Å². The molecule has 0 unspecified atom stereocenters. The molecule has 3 N–H and O–H groups in total. The maximum atomic E-state index is 8.77. The number of allylic oxidation sites excluding steroid dienone is 5. The van der Waals surface area contributed by atoms with E-state index in [1.165, 1.54) is 0 Å². The van der Waals surface area contributed by atoms with Crippen LogP contribution in [0.5, 0.6) is 0 Å². The van der Waals surface area contributed by atoms with Crippen LogP contribution in [0.15, 0.2) is 104 Å². The van der Waals surface area contributed by atoms with Gasteiger partial charge in [-0.05, 0) is 53.5 Å². The Morgan fingerprint density at radius 3 is 2.25 bits per heavy atom. The number of nitrogens with one attached hydrogen (secondary N) is 1. The van der Waals surface area contributed by atoms with Gasteiger partial charge in [0.05, 0.1) is 5.71 Å². The molecule has 2 nitrogen and oxygen atoms in total. The molecule has 0 saturated heterocycles. The third-order valence-electron chi connectivity index (χ3n) is 4.62. The number of para-hydroxylation sites is 1. The van der Waals surface area contributed by atoms with Crippen LogP contribution in [-0.2, 0) is 0 Å². The lowest BCUT2D eigenvalue weighted by molar-refractivity contribution is 1.44. The number of benzene rings is 3. The van der Waals surface area contributed by atoms with Crippen LogP contribution in [0.4, 0.5) is 5.69 Å². The molecular weight excluding hydrogens is 340 g/mol. The van der Waals surface area contributed by atoms with Crippen molar-refractivity contribution in [2.45, 2.75) is 6.92 Å². The minimum Gasteiger partial charge on any atom is -0.398 e. The van der Waals surface area contributed by atoms with Crippen molar-refractivity contribution in [3.05, 3.63) is 120 Å². The average Bonchev–Trinajstić information content (AvgIpc) is 2.74. The summed E-state index contributed by atoms with van der Waals surface area (Å²) in [6.45, 7) is 5.77. The van der Waals surface area contributed by atoms with E-state index < -0.39 is 0 Å². The minimum absolute atomic E-state index is 0.417. The molecule has 0 radical (unpaired) electrons. The standard InChI is InChI=1S/C26H24N2/c1-3-5-11-19(4-2)21-16-22(20-12-7-6-8-13-20)18-23(17-21)26(28)24-14-9-10-15-25(24)27/h3-18,28H,1,27H2,2H3/b11-5-,19-4+,28-26?. The summed E-state index contributed by atoms with van der Waals surface area (Å²) in [5.74, 6) is 0.